The SMILES string of the molecule is Cc1ccccc1-n1cc(C(=O)N(C)CC(C)(CO)CO)cn1. The molecule has 2 rings (SSSR count). The van der Waals surface area contributed by atoms with Crippen molar-refractivity contribution in [3.63, 3.8) is 0 Å². The maximum absolute atomic E-state index is 12.5. The van der Waals surface area contributed by atoms with Crippen LogP contribution in [0, 0.1) is 12.3 Å². The number of benzene rings is 1. The second kappa shape index (κ2) is 6.93. The fraction of sp³-hybridized carbons (Fsp3) is 0.412. The zero-order chi connectivity index (χ0) is 17.0. The van der Waals surface area contributed by atoms with Gasteiger partial charge in [0.15, 0.2) is 0 Å². The zero-order valence-corrected chi connectivity index (χ0v) is 13.7. The van der Waals surface area contributed by atoms with Crippen LogP contribution in [0.2, 0.25) is 0 Å². The summed E-state index contributed by atoms with van der Waals surface area (Å²) in [6.45, 7) is 3.59. The zero-order valence-electron chi connectivity index (χ0n) is 13.7. The molecular weight excluding hydrogens is 294 g/mol. The standard InChI is InChI=1S/C17H23N3O3/c1-13-6-4-5-7-15(13)20-9-14(8-18-20)16(23)19(3)10-17(2,11-21)12-22/h4-9,21-22H,10-12H2,1-3H3. The first kappa shape index (κ1) is 17.2. The summed E-state index contributed by atoms with van der Waals surface area (Å²) in [6, 6.07) is 7.80. The van der Waals surface area contributed by atoms with Crippen LogP contribution in [0.1, 0.15) is 22.8 Å². The van der Waals surface area contributed by atoms with E-state index in [-0.39, 0.29) is 25.7 Å². The van der Waals surface area contributed by atoms with E-state index in [1.807, 2.05) is 31.2 Å². The van der Waals surface area contributed by atoms with E-state index in [0.29, 0.717) is 5.56 Å². The van der Waals surface area contributed by atoms with Crippen LogP contribution in [-0.4, -0.2) is 57.6 Å². The minimum Gasteiger partial charge on any atom is -0.396 e. The number of nitrogens with zero attached hydrogens (tertiary/aromatic N) is 3. The largest absolute Gasteiger partial charge is 0.396 e. The minimum absolute atomic E-state index is 0.191. The average Bonchev–Trinajstić information content (AvgIpc) is 3.04. The van der Waals surface area contributed by atoms with Crippen LogP contribution in [0.25, 0.3) is 5.69 Å². The van der Waals surface area contributed by atoms with Crippen LogP contribution in [0.3, 0.4) is 0 Å². The Hall–Kier alpha value is -2.18. The quantitative estimate of drug-likeness (QED) is 0.840. The number of aliphatic hydroxyl groups excluding tert-OH is 2. The van der Waals surface area contributed by atoms with E-state index in [0.717, 1.165) is 11.3 Å². The van der Waals surface area contributed by atoms with E-state index in [4.69, 9.17) is 0 Å². The number of carbonyl (C=O) groups is 1. The van der Waals surface area contributed by atoms with Gasteiger partial charge in [0.1, 0.15) is 0 Å². The molecule has 0 fully saturated rings. The monoisotopic (exact) mass is 317 g/mol. The lowest BCUT2D eigenvalue weighted by atomic mass is 9.92. The summed E-state index contributed by atoms with van der Waals surface area (Å²) < 4.78 is 1.67. The molecule has 0 spiro atoms. The molecule has 0 radical (unpaired) electrons. The summed E-state index contributed by atoms with van der Waals surface area (Å²) in [5.74, 6) is -0.196. The highest BCUT2D eigenvalue weighted by molar-refractivity contribution is 5.93. The molecule has 1 aromatic carbocycles. The number of hydrogen-bond donors (Lipinski definition) is 2. The summed E-state index contributed by atoms with van der Waals surface area (Å²) in [7, 11) is 1.65. The predicted octanol–water partition coefficient (Wildman–Crippen LogP) is 1.24. The summed E-state index contributed by atoms with van der Waals surface area (Å²) in [4.78, 5) is 14.0. The third-order valence-electron chi connectivity index (χ3n) is 3.92. The highest BCUT2D eigenvalue weighted by Crippen LogP contribution is 2.18. The Bertz CT molecular complexity index is 677. The van der Waals surface area contributed by atoms with Gasteiger partial charge >= 0.3 is 0 Å². The fourth-order valence-corrected chi connectivity index (χ4v) is 2.40. The van der Waals surface area contributed by atoms with E-state index in [1.165, 1.54) is 11.1 Å². The van der Waals surface area contributed by atoms with Gasteiger partial charge in [0.2, 0.25) is 0 Å². The van der Waals surface area contributed by atoms with Gasteiger partial charge in [-0.1, -0.05) is 25.1 Å². The highest BCUT2D eigenvalue weighted by Gasteiger charge is 2.27. The molecule has 0 saturated heterocycles. The molecule has 0 atom stereocenters. The summed E-state index contributed by atoms with van der Waals surface area (Å²) in [5.41, 5.74) is 1.73. The molecule has 1 amide bonds. The van der Waals surface area contributed by atoms with Crippen molar-refractivity contribution in [2.24, 2.45) is 5.41 Å². The van der Waals surface area contributed by atoms with E-state index >= 15 is 0 Å². The molecule has 2 N–H and O–H groups in total. The van der Waals surface area contributed by atoms with Crippen LogP contribution in [-0.2, 0) is 0 Å². The van der Waals surface area contributed by atoms with Gasteiger partial charge < -0.3 is 15.1 Å². The minimum atomic E-state index is -0.726. The molecule has 124 valence electrons. The molecule has 0 unspecified atom stereocenters. The van der Waals surface area contributed by atoms with E-state index < -0.39 is 5.41 Å². The Labute approximate surface area is 136 Å². The maximum Gasteiger partial charge on any atom is 0.256 e. The number of aliphatic hydroxyl groups is 2. The Morgan fingerprint density at radius 2 is 1.96 bits per heavy atom. The molecule has 0 bridgehead atoms. The Morgan fingerprint density at radius 1 is 1.30 bits per heavy atom. The Balaban J connectivity index is 2.17. The summed E-state index contributed by atoms with van der Waals surface area (Å²) in [6.07, 6.45) is 3.22. The number of amides is 1. The van der Waals surface area contributed by atoms with E-state index in [1.54, 1.807) is 24.9 Å². The van der Waals surface area contributed by atoms with Crippen LogP contribution < -0.4 is 0 Å². The average molecular weight is 317 g/mol. The smallest absolute Gasteiger partial charge is 0.256 e. The summed E-state index contributed by atoms with van der Waals surface area (Å²) in [5, 5.41) is 23.0. The number of hydrogen-bond acceptors (Lipinski definition) is 4. The first-order chi connectivity index (χ1) is 10.9. The molecule has 1 heterocycles. The van der Waals surface area contributed by atoms with Crippen LogP contribution in [0.15, 0.2) is 36.7 Å². The second-order valence-electron chi connectivity index (χ2n) is 6.25. The molecule has 0 aliphatic carbocycles. The van der Waals surface area contributed by atoms with Crippen molar-refractivity contribution in [2.45, 2.75) is 13.8 Å². The molecular formula is C17H23N3O3. The number of rotatable bonds is 6. The molecule has 0 aliphatic rings. The molecule has 1 aromatic heterocycles. The van der Waals surface area contributed by atoms with Gasteiger partial charge in [-0.05, 0) is 18.6 Å². The van der Waals surface area contributed by atoms with Crippen molar-refractivity contribution in [3.8, 4) is 5.69 Å². The number of aromatic nitrogens is 2. The Morgan fingerprint density at radius 3 is 2.57 bits per heavy atom. The molecule has 6 nitrogen and oxygen atoms in total. The van der Waals surface area contributed by atoms with Gasteiger partial charge in [-0.2, -0.15) is 5.10 Å². The van der Waals surface area contributed by atoms with Crippen molar-refractivity contribution in [1.29, 1.82) is 0 Å². The van der Waals surface area contributed by atoms with Crippen LogP contribution in [0.4, 0.5) is 0 Å². The van der Waals surface area contributed by atoms with Gasteiger partial charge in [-0.3, -0.25) is 4.79 Å². The van der Waals surface area contributed by atoms with Gasteiger partial charge in [0.25, 0.3) is 5.91 Å². The maximum atomic E-state index is 12.5. The number of carbonyl (C=O) groups excluding carboxylic acids is 1. The lowest BCUT2D eigenvalue weighted by Crippen LogP contribution is -2.41. The van der Waals surface area contributed by atoms with Crippen molar-refractivity contribution in [2.75, 3.05) is 26.8 Å². The van der Waals surface area contributed by atoms with Crippen molar-refractivity contribution in [3.05, 3.63) is 47.8 Å². The first-order valence-corrected chi connectivity index (χ1v) is 7.48. The van der Waals surface area contributed by atoms with Crippen molar-refractivity contribution >= 4 is 5.91 Å². The fourth-order valence-electron chi connectivity index (χ4n) is 2.40. The van der Waals surface area contributed by atoms with E-state index in [2.05, 4.69) is 5.10 Å². The van der Waals surface area contributed by atoms with Crippen LogP contribution in [0.5, 0.6) is 0 Å². The molecule has 6 heteroatoms. The third kappa shape index (κ3) is 3.78. The topological polar surface area (TPSA) is 78.6 Å². The van der Waals surface area contributed by atoms with Gasteiger partial charge in [-0.15, -0.1) is 0 Å². The normalized spacial score (nSPS) is 11.5. The van der Waals surface area contributed by atoms with Crippen molar-refractivity contribution < 1.29 is 15.0 Å². The third-order valence-corrected chi connectivity index (χ3v) is 3.92. The Kier molecular flexibility index (Phi) is 5.18. The predicted molar refractivity (Wildman–Crippen MR) is 87.5 cm³/mol. The lowest BCUT2D eigenvalue weighted by molar-refractivity contribution is 0.0366. The van der Waals surface area contributed by atoms with Crippen LogP contribution >= 0.6 is 0 Å². The van der Waals surface area contributed by atoms with Gasteiger partial charge in [-0.25, -0.2) is 4.68 Å². The first-order valence-electron chi connectivity index (χ1n) is 7.48. The number of aryl methyl sites for hydroxylation is 1. The highest BCUT2D eigenvalue weighted by atomic mass is 16.3. The second-order valence-corrected chi connectivity index (χ2v) is 6.25. The number of para-hydroxylation sites is 1. The molecule has 0 aliphatic heterocycles. The van der Waals surface area contributed by atoms with Gasteiger partial charge in [0.05, 0.1) is 30.7 Å². The van der Waals surface area contributed by atoms with Gasteiger partial charge in [0, 0.05) is 25.2 Å². The molecule has 23 heavy (non-hydrogen) atoms. The lowest BCUT2D eigenvalue weighted by Gasteiger charge is -2.30. The summed E-state index contributed by atoms with van der Waals surface area (Å²) >= 11 is 0. The molecule has 0 saturated carbocycles. The molecule has 2 aromatic rings. The van der Waals surface area contributed by atoms with E-state index in [9.17, 15) is 15.0 Å². The van der Waals surface area contributed by atoms with Crippen molar-refractivity contribution in [1.82, 2.24) is 14.7 Å².